The molecule has 1 saturated heterocycles. The van der Waals surface area contributed by atoms with E-state index in [1.807, 2.05) is 0 Å². The third kappa shape index (κ3) is 2.30. The van der Waals surface area contributed by atoms with Crippen molar-refractivity contribution in [3.63, 3.8) is 0 Å². The lowest BCUT2D eigenvalue weighted by atomic mass is 9.91. The largest absolute Gasteiger partial charge is 0.460 e. The molecular weight excluding hydrogens is 328 g/mol. The van der Waals surface area contributed by atoms with Crippen LogP contribution in [-0.2, 0) is 14.8 Å². The summed E-state index contributed by atoms with van der Waals surface area (Å²) in [6, 6.07) is -0.0727. The van der Waals surface area contributed by atoms with Crippen molar-refractivity contribution in [1.29, 1.82) is 0 Å². The van der Waals surface area contributed by atoms with Crippen molar-refractivity contribution in [3.05, 3.63) is 0 Å². The summed E-state index contributed by atoms with van der Waals surface area (Å²) >= 11 is 0. The molecule has 1 aliphatic heterocycles. The van der Waals surface area contributed by atoms with Crippen LogP contribution < -0.4 is 4.72 Å². The van der Waals surface area contributed by atoms with Gasteiger partial charge in [0.25, 0.3) is 6.02 Å². The number of rotatable bonds is 2. The van der Waals surface area contributed by atoms with Gasteiger partial charge in [0.1, 0.15) is 11.4 Å². The topological polar surface area (TPSA) is 88.0 Å². The number of aliphatic hydroxyl groups is 1. The van der Waals surface area contributed by atoms with Gasteiger partial charge in [-0.25, -0.2) is 18.1 Å². The number of sulfonamides is 1. The molecular formula is C17H26N2O4S. The summed E-state index contributed by atoms with van der Waals surface area (Å²) in [6.07, 6.45) is 7.40. The van der Waals surface area contributed by atoms with Gasteiger partial charge in [-0.15, -0.1) is 0 Å². The number of nitrogens with one attached hydrogen (secondary N) is 1. The van der Waals surface area contributed by atoms with Gasteiger partial charge in [0, 0.05) is 0 Å². The Hall–Kier alpha value is -0.820. The molecule has 1 heterocycles. The molecule has 0 aromatic rings. The SMILES string of the molecule is O=S1(=O)NC(=NC2C(O)C3CCC2C3C2CC2)OC2CCCCC21. The molecule has 7 atom stereocenters. The van der Waals surface area contributed by atoms with Gasteiger partial charge in [-0.1, -0.05) is 6.42 Å². The van der Waals surface area contributed by atoms with E-state index in [-0.39, 0.29) is 18.2 Å². The maximum atomic E-state index is 12.5. The van der Waals surface area contributed by atoms with E-state index in [0.29, 0.717) is 24.2 Å². The first-order valence-electron chi connectivity index (χ1n) is 9.49. The number of aliphatic imine (C=N–C) groups is 1. The lowest BCUT2D eigenvalue weighted by molar-refractivity contribution is 0.0853. The number of fused-ring (bicyclic) bond motifs is 3. The van der Waals surface area contributed by atoms with Gasteiger partial charge in [0.2, 0.25) is 10.0 Å². The Labute approximate surface area is 143 Å². The van der Waals surface area contributed by atoms with Crippen molar-refractivity contribution in [3.8, 4) is 0 Å². The fourth-order valence-electron chi connectivity index (χ4n) is 5.85. The molecule has 7 heteroatoms. The Balaban J connectivity index is 1.40. The van der Waals surface area contributed by atoms with Gasteiger partial charge >= 0.3 is 0 Å². The molecule has 0 amide bonds. The molecule has 5 rings (SSSR count). The van der Waals surface area contributed by atoms with Gasteiger partial charge in [-0.3, -0.25) is 0 Å². The van der Waals surface area contributed by atoms with Crippen molar-refractivity contribution in [1.82, 2.24) is 4.72 Å². The van der Waals surface area contributed by atoms with E-state index in [0.717, 1.165) is 38.0 Å². The Morgan fingerprint density at radius 1 is 1.04 bits per heavy atom. The van der Waals surface area contributed by atoms with Crippen molar-refractivity contribution < 1.29 is 18.3 Å². The third-order valence-corrected chi connectivity index (χ3v) is 8.81. The summed E-state index contributed by atoms with van der Waals surface area (Å²) in [6.45, 7) is 0. The normalized spacial score (nSPS) is 51.0. The number of aliphatic hydroxyl groups excluding tert-OH is 1. The number of hydrogen-bond donors (Lipinski definition) is 2. The highest BCUT2D eigenvalue weighted by Crippen LogP contribution is 2.59. The second kappa shape index (κ2) is 5.34. The van der Waals surface area contributed by atoms with E-state index in [1.165, 1.54) is 12.8 Å². The van der Waals surface area contributed by atoms with Crippen molar-refractivity contribution >= 4 is 16.0 Å². The van der Waals surface area contributed by atoms with Crippen LogP contribution in [0.15, 0.2) is 4.99 Å². The van der Waals surface area contributed by atoms with Crippen LogP contribution in [0.1, 0.15) is 51.4 Å². The maximum absolute atomic E-state index is 12.5. The van der Waals surface area contributed by atoms with Crippen LogP contribution in [0.25, 0.3) is 0 Å². The Bertz CT molecular complexity index is 660. The molecule has 4 saturated carbocycles. The molecule has 7 unspecified atom stereocenters. The lowest BCUT2D eigenvalue weighted by Gasteiger charge is -2.36. The number of nitrogens with zero attached hydrogens (tertiary/aromatic N) is 1. The van der Waals surface area contributed by atoms with Gasteiger partial charge in [-0.05, 0) is 68.6 Å². The lowest BCUT2D eigenvalue weighted by Crippen LogP contribution is -2.54. The molecule has 5 aliphatic rings. The fourth-order valence-corrected chi connectivity index (χ4v) is 7.42. The quantitative estimate of drug-likeness (QED) is 0.785. The Kier molecular flexibility index (Phi) is 3.43. The van der Waals surface area contributed by atoms with E-state index in [9.17, 15) is 13.5 Å². The Morgan fingerprint density at radius 3 is 2.58 bits per heavy atom. The van der Waals surface area contributed by atoms with Crippen LogP contribution in [-0.4, -0.2) is 43.0 Å². The van der Waals surface area contributed by atoms with Gasteiger partial charge in [0.15, 0.2) is 0 Å². The highest BCUT2D eigenvalue weighted by molar-refractivity contribution is 7.90. The molecule has 0 aromatic carbocycles. The number of hydrogen-bond acceptors (Lipinski definition) is 5. The average Bonchev–Trinajstić information content (AvgIpc) is 3.25. The second-order valence-electron chi connectivity index (χ2n) is 8.36. The van der Waals surface area contributed by atoms with Gasteiger partial charge in [-0.2, -0.15) is 0 Å². The monoisotopic (exact) mass is 354 g/mol. The second-order valence-corrected chi connectivity index (χ2v) is 10.3. The third-order valence-electron chi connectivity index (χ3n) is 7.02. The summed E-state index contributed by atoms with van der Waals surface area (Å²) < 4.78 is 33.4. The molecule has 24 heavy (non-hydrogen) atoms. The molecule has 0 radical (unpaired) electrons. The zero-order chi connectivity index (χ0) is 16.5. The molecule has 0 spiro atoms. The summed E-state index contributed by atoms with van der Waals surface area (Å²) in [7, 11) is -3.41. The Morgan fingerprint density at radius 2 is 1.79 bits per heavy atom. The summed E-state index contributed by atoms with van der Waals surface area (Å²) in [4.78, 5) is 4.60. The first-order valence-corrected chi connectivity index (χ1v) is 11.0. The summed E-state index contributed by atoms with van der Waals surface area (Å²) in [5, 5.41) is 10.2. The molecule has 0 aromatic heterocycles. The minimum absolute atomic E-state index is 0.129. The fraction of sp³-hybridized carbons (Fsp3) is 0.941. The molecule has 4 aliphatic carbocycles. The highest BCUT2D eigenvalue weighted by Gasteiger charge is 2.58. The molecule has 134 valence electrons. The van der Waals surface area contributed by atoms with Crippen molar-refractivity contribution in [2.45, 2.75) is 74.9 Å². The van der Waals surface area contributed by atoms with Crippen LogP contribution >= 0.6 is 0 Å². The summed E-state index contributed by atoms with van der Waals surface area (Å²) in [5.41, 5.74) is 0. The van der Waals surface area contributed by atoms with Crippen LogP contribution in [0.3, 0.4) is 0 Å². The first-order chi connectivity index (χ1) is 11.5. The van der Waals surface area contributed by atoms with Crippen molar-refractivity contribution in [2.75, 3.05) is 0 Å². The van der Waals surface area contributed by atoms with Crippen LogP contribution in [0, 0.1) is 23.7 Å². The minimum Gasteiger partial charge on any atom is -0.460 e. The predicted molar refractivity (Wildman–Crippen MR) is 88.8 cm³/mol. The highest BCUT2D eigenvalue weighted by atomic mass is 32.2. The van der Waals surface area contributed by atoms with E-state index < -0.39 is 21.4 Å². The number of amidine groups is 1. The van der Waals surface area contributed by atoms with Crippen molar-refractivity contribution in [2.24, 2.45) is 28.7 Å². The van der Waals surface area contributed by atoms with E-state index >= 15 is 0 Å². The van der Waals surface area contributed by atoms with Crippen LogP contribution in [0.5, 0.6) is 0 Å². The van der Waals surface area contributed by atoms with Gasteiger partial charge in [0.05, 0.1) is 12.1 Å². The zero-order valence-electron chi connectivity index (χ0n) is 13.8. The van der Waals surface area contributed by atoms with Crippen LogP contribution in [0.4, 0.5) is 0 Å². The smallest absolute Gasteiger partial charge is 0.299 e. The number of ether oxygens (including phenoxy) is 1. The average molecular weight is 354 g/mol. The van der Waals surface area contributed by atoms with Crippen LogP contribution in [0.2, 0.25) is 0 Å². The zero-order valence-corrected chi connectivity index (χ0v) is 14.6. The minimum atomic E-state index is -3.41. The molecule has 2 bridgehead atoms. The maximum Gasteiger partial charge on any atom is 0.299 e. The first kappa shape index (κ1) is 15.4. The molecule has 2 N–H and O–H groups in total. The van der Waals surface area contributed by atoms with E-state index in [4.69, 9.17) is 4.74 Å². The van der Waals surface area contributed by atoms with E-state index in [2.05, 4.69) is 9.71 Å². The van der Waals surface area contributed by atoms with E-state index in [1.54, 1.807) is 0 Å². The predicted octanol–water partition coefficient (Wildman–Crippen LogP) is 1.40. The summed E-state index contributed by atoms with van der Waals surface area (Å²) in [5.74, 6) is 2.08. The molecule has 6 nitrogen and oxygen atoms in total. The molecule has 5 fully saturated rings. The standard InChI is InChI=1S/C17H26N2O4S/c20-16-11-8-7-10(14(11)9-5-6-9)15(16)18-17-19-24(21,22)13-4-2-1-3-12(13)23-17/h9-16,20H,1-8H2,(H,18,19). The van der Waals surface area contributed by atoms with Gasteiger partial charge < -0.3 is 9.84 Å².